The number of carbonyl (C=O) groups is 1. The van der Waals surface area contributed by atoms with Crippen molar-refractivity contribution in [3.8, 4) is 12.3 Å². The summed E-state index contributed by atoms with van der Waals surface area (Å²) in [6, 6.07) is 3.52. The summed E-state index contributed by atoms with van der Waals surface area (Å²) < 4.78 is 0. The number of nitrogen functional groups attached to an aromatic ring is 1. The van der Waals surface area contributed by atoms with E-state index < -0.39 is 0 Å². The highest BCUT2D eigenvalue weighted by Gasteiger charge is 2.19. The Bertz CT molecular complexity index is 684. The normalized spacial score (nSPS) is 12.1. The maximum atomic E-state index is 12.3. The van der Waals surface area contributed by atoms with Crippen LogP contribution in [0, 0.1) is 19.3 Å². The van der Waals surface area contributed by atoms with Crippen LogP contribution in [0.2, 0.25) is 0 Å². The monoisotopic (exact) mass is 287 g/mol. The van der Waals surface area contributed by atoms with E-state index in [1.807, 2.05) is 26.0 Å². The molecule has 0 saturated heterocycles. The van der Waals surface area contributed by atoms with Gasteiger partial charge >= 0.3 is 0 Å². The van der Waals surface area contributed by atoms with Crippen LogP contribution in [0.3, 0.4) is 0 Å². The van der Waals surface area contributed by atoms with Gasteiger partial charge in [0.05, 0.1) is 11.7 Å². The molecule has 0 aliphatic heterocycles. The number of hydrogen-bond donors (Lipinski definition) is 2. The molecule has 0 aliphatic carbocycles. The van der Waals surface area contributed by atoms with Gasteiger partial charge in [-0.3, -0.25) is 4.79 Å². The average Bonchev–Trinajstić information content (AvgIpc) is 2.74. The highest BCUT2D eigenvalue weighted by Crippen LogP contribution is 2.32. The molecule has 1 atom stereocenters. The van der Waals surface area contributed by atoms with Crippen LogP contribution in [0.5, 0.6) is 0 Å². The molecule has 3 N–H and O–H groups in total. The third-order valence-electron chi connectivity index (χ3n) is 3.02. The van der Waals surface area contributed by atoms with Gasteiger partial charge in [0.1, 0.15) is 9.71 Å². The van der Waals surface area contributed by atoms with Gasteiger partial charge in [-0.25, -0.2) is 4.98 Å². The van der Waals surface area contributed by atoms with E-state index in [4.69, 9.17) is 12.2 Å². The number of anilines is 1. The quantitative estimate of drug-likeness (QED) is 0.850. The lowest BCUT2D eigenvalue weighted by atomic mass is 10.1. The van der Waals surface area contributed by atoms with E-state index in [2.05, 4.69) is 16.2 Å². The third kappa shape index (κ3) is 2.75. The van der Waals surface area contributed by atoms with Crippen molar-refractivity contribution in [3.05, 3.63) is 22.7 Å². The van der Waals surface area contributed by atoms with E-state index in [1.165, 1.54) is 11.3 Å². The fraction of sp³-hybridized carbons (Fsp3) is 0.333. The van der Waals surface area contributed by atoms with Gasteiger partial charge in [0.2, 0.25) is 0 Å². The summed E-state index contributed by atoms with van der Waals surface area (Å²) in [7, 11) is 0. The van der Waals surface area contributed by atoms with E-state index in [0.717, 1.165) is 28.8 Å². The zero-order valence-electron chi connectivity index (χ0n) is 11.6. The average molecular weight is 287 g/mol. The summed E-state index contributed by atoms with van der Waals surface area (Å²) in [5, 5.41) is 3.65. The van der Waals surface area contributed by atoms with Crippen molar-refractivity contribution >= 4 is 33.1 Å². The van der Waals surface area contributed by atoms with Gasteiger partial charge < -0.3 is 11.1 Å². The highest BCUT2D eigenvalue weighted by molar-refractivity contribution is 7.21. The number of nitrogens with zero attached hydrogens (tertiary/aromatic N) is 1. The maximum absolute atomic E-state index is 12.3. The van der Waals surface area contributed by atoms with Gasteiger partial charge in [-0.15, -0.1) is 17.8 Å². The fourth-order valence-electron chi connectivity index (χ4n) is 1.97. The van der Waals surface area contributed by atoms with Crippen molar-refractivity contribution in [2.24, 2.45) is 0 Å². The van der Waals surface area contributed by atoms with Crippen molar-refractivity contribution in [2.75, 3.05) is 5.73 Å². The lowest BCUT2D eigenvalue weighted by molar-refractivity contribution is 0.0949. The Morgan fingerprint density at radius 2 is 2.35 bits per heavy atom. The number of aryl methyl sites for hydroxylation is 1. The van der Waals surface area contributed by atoms with Crippen LogP contribution in [0.1, 0.15) is 35.1 Å². The second-order valence-electron chi connectivity index (χ2n) is 4.63. The fourth-order valence-corrected chi connectivity index (χ4v) is 3.01. The zero-order chi connectivity index (χ0) is 14.7. The molecule has 2 aromatic heterocycles. The molecule has 0 aliphatic rings. The molecule has 0 radical (unpaired) electrons. The number of nitrogens with one attached hydrogen (secondary N) is 1. The lowest BCUT2D eigenvalue weighted by Gasteiger charge is -2.11. The first-order chi connectivity index (χ1) is 9.56. The molecule has 5 heteroatoms. The van der Waals surface area contributed by atoms with Crippen LogP contribution in [0.4, 0.5) is 5.69 Å². The second-order valence-corrected chi connectivity index (χ2v) is 5.63. The maximum Gasteiger partial charge on any atom is 0.264 e. The van der Waals surface area contributed by atoms with Crippen molar-refractivity contribution in [3.63, 3.8) is 0 Å². The summed E-state index contributed by atoms with van der Waals surface area (Å²) in [5.74, 6) is 2.36. The third-order valence-corrected chi connectivity index (χ3v) is 4.14. The number of amides is 1. The molecule has 2 heterocycles. The molecular formula is C15H17N3OS. The molecule has 0 spiro atoms. The number of carbonyl (C=O) groups excluding carboxylic acids is 1. The molecule has 1 unspecified atom stereocenters. The first kappa shape index (κ1) is 14.4. The molecule has 4 nitrogen and oxygen atoms in total. The van der Waals surface area contributed by atoms with Crippen LogP contribution in [-0.4, -0.2) is 16.9 Å². The van der Waals surface area contributed by atoms with Crippen molar-refractivity contribution in [2.45, 2.75) is 32.7 Å². The number of aromatic nitrogens is 1. The Kier molecular flexibility index (Phi) is 4.26. The summed E-state index contributed by atoms with van der Waals surface area (Å²) >= 11 is 1.30. The first-order valence-corrected chi connectivity index (χ1v) is 7.31. The number of pyridine rings is 1. The minimum atomic E-state index is -0.258. The van der Waals surface area contributed by atoms with Gasteiger partial charge in [0.25, 0.3) is 5.91 Å². The van der Waals surface area contributed by atoms with Crippen LogP contribution in [-0.2, 0) is 0 Å². The number of hydrogen-bond acceptors (Lipinski definition) is 4. The Balaban J connectivity index is 2.31. The topological polar surface area (TPSA) is 68.0 Å². The first-order valence-electron chi connectivity index (χ1n) is 6.49. The number of fused-ring (bicyclic) bond motifs is 1. The van der Waals surface area contributed by atoms with E-state index in [-0.39, 0.29) is 11.9 Å². The summed E-state index contributed by atoms with van der Waals surface area (Å²) in [4.78, 5) is 17.9. The molecule has 0 aromatic carbocycles. The lowest BCUT2D eigenvalue weighted by Crippen LogP contribution is -2.33. The van der Waals surface area contributed by atoms with Crippen LogP contribution >= 0.6 is 11.3 Å². The van der Waals surface area contributed by atoms with Gasteiger partial charge in [-0.1, -0.05) is 19.3 Å². The number of rotatable bonds is 4. The Morgan fingerprint density at radius 1 is 1.60 bits per heavy atom. The summed E-state index contributed by atoms with van der Waals surface area (Å²) in [5.41, 5.74) is 7.41. The van der Waals surface area contributed by atoms with E-state index >= 15 is 0 Å². The standard InChI is InChI=1S/C15H17N3OS/c1-4-6-10(5-2)18-14(19)13-12(16)11-8-7-9(3)17-15(11)20-13/h2,7-8,10H,4,6,16H2,1,3H3,(H,18,19). The summed E-state index contributed by atoms with van der Waals surface area (Å²) in [6.45, 7) is 3.93. The highest BCUT2D eigenvalue weighted by atomic mass is 32.1. The van der Waals surface area contributed by atoms with Crippen LogP contribution < -0.4 is 11.1 Å². The SMILES string of the molecule is C#CC(CCC)NC(=O)c1sc2nc(C)ccc2c1N. The molecule has 2 aromatic rings. The van der Waals surface area contributed by atoms with Crippen molar-refractivity contribution < 1.29 is 4.79 Å². The predicted octanol–water partition coefficient (Wildman–Crippen LogP) is 2.72. The number of thiophene rings is 1. The van der Waals surface area contributed by atoms with Crippen LogP contribution in [0.25, 0.3) is 10.2 Å². The largest absolute Gasteiger partial charge is 0.397 e. The Morgan fingerprint density at radius 3 is 3.00 bits per heavy atom. The van der Waals surface area contributed by atoms with Gasteiger partial charge in [0.15, 0.2) is 0 Å². The minimum absolute atomic E-state index is 0.223. The van der Waals surface area contributed by atoms with E-state index in [1.54, 1.807) is 0 Å². The molecule has 0 saturated carbocycles. The van der Waals surface area contributed by atoms with E-state index in [9.17, 15) is 4.79 Å². The zero-order valence-corrected chi connectivity index (χ0v) is 12.4. The number of terminal acetylenes is 1. The molecule has 1 amide bonds. The Hall–Kier alpha value is -2.06. The molecule has 2 rings (SSSR count). The molecule has 20 heavy (non-hydrogen) atoms. The number of nitrogens with two attached hydrogens (primary N) is 1. The minimum Gasteiger partial charge on any atom is -0.397 e. The molecule has 0 bridgehead atoms. The molecule has 104 valence electrons. The second kappa shape index (κ2) is 5.93. The predicted molar refractivity (Wildman–Crippen MR) is 83.8 cm³/mol. The van der Waals surface area contributed by atoms with Gasteiger partial charge in [-0.05, 0) is 25.5 Å². The smallest absolute Gasteiger partial charge is 0.264 e. The van der Waals surface area contributed by atoms with Crippen molar-refractivity contribution in [1.82, 2.24) is 10.3 Å². The van der Waals surface area contributed by atoms with Crippen molar-refractivity contribution in [1.29, 1.82) is 0 Å². The van der Waals surface area contributed by atoms with Gasteiger partial charge in [0, 0.05) is 11.1 Å². The Labute approximate surface area is 122 Å². The molecule has 0 fully saturated rings. The molecular weight excluding hydrogens is 270 g/mol. The summed E-state index contributed by atoms with van der Waals surface area (Å²) in [6.07, 6.45) is 7.08. The van der Waals surface area contributed by atoms with Gasteiger partial charge in [-0.2, -0.15) is 0 Å². The van der Waals surface area contributed by atoms with E-state index in [0.29, 0.717) is 10.6 Å². The van der Waals surface area contributed by atoms with Crippen LogP contribution in [0.15, 0.2) is 12.1 Å².